The number of para-hydroxylation sites is 1. The number of fused-ring (bicyclic) bond motifs is 1. The topological polar surface area (TPSA) is 49.6 Å². The summed E-state index contributed by atoms with van der Waals surface area (Å²) in [6.07, 6.45) is 0.707. The van der Waals surface area contributed by atoms with Gasteiger partial charge in [0.1, 0.15) is 16.1 Å². The maximum absolute atomic E-state index is 9.53. The van der Waals surface area contributed by atoms with Gasteiger partial charge in [0.05, 0.1) is 11.6 Å². The van der Waals surface area contributed by atoms with Crippen molar-refractivity contribution in [2.75, 3.05) is 0 Å². The lowest BCUT2D eigenvalue weighted by molar-refractivity contribution is 0.987. The van der Waals surface area contributed by atoms with E-state index < -0.39 is 0 Å². The molecule has 0 unspecified atom stereocenters. The first-order valence-electron chi connectivity index (χ1n) is 7.51. The van der Waals surface area contributed by atoms with Crippen LogP contribution in [0.1, 0.15) is 17.0 Å². The van der Waals surface area contributed by atoms with Crippen molar-refractivity contribution in [2.45, 2.75) is 30.5 Å². The summed E-state index contributed by atoms with van der Waals surface area (Å²) in [5.41, 5.74) is 3.33. The molecule has 1 aromatic heterocycles. The average molecular weight is 319 g/mol. The lowest BCUT2D eigenvalue weighted by Gasteiger charge is -2.11. The highest BCUT2D eigenvalue weighted by molar-refractivity contribution is 8.00. The Morgan fingerprint density at radius 2 is 1.78 bits per heavy atom. The number of rotatable bonds is 4. The molecule has 0 saturated heterocycles. The van der Waals surface area contributed by atoms with E-state index in [2.05, 4.69) is 47.2 Å². The van der Waals surface area contributed by atoms with Crippen molar-refractivity contribution in [1.82, 2.24) is 9.97 Å². The molecule has 3 nitrogen and oxygen atoms in total. The molecule has 1 atom stereocenters. The zero-order valence-corrected chi connectivity index (χ0v) is 14.0. The van der Waals surface area contributed by atoms with Gasteiger partial charge in [0.25, 0.3) is 0 Å². The number of thioether (sulfide) groups is 1. The largest absolute Gasteiger partial charge is 0.233 e. The number of aromatic nitrogens is 2. The first kappa shape index (κ1) is 15.5. The van der Waals surface area contributed by atoms with Crippen LogP contribution in [0.3, 0.4) is 0 Å². The van der Waals surface area contributed by atoms with E-state index in [9.17, 15) is 5.26 Å². The minimum Gasteiger partial charge on any atom is -0.233 e. The molecule has 0 amide bonds. The van der Waals surface area contributed by atoms with Gasteiger partial charge in [-0.1, -0.05) is 59.8 Å². The van der Waals surface area contributed by atoms with Gasteiger partial charge in [-0.2, -0.15) is 5.26 Å². The Labute approximate surface area is 140 Å². The first-order chi connectivity index (χ1) is 11.2. The van der Waals surface area contributed by atoms with Crippen LogP contribution in [-0.2, 0) is 6.42 Å². The van der Waals surface area contributed by atoms with Gasteiger partial charge >= 0.3 is 0 Å². The number of nitriles is 1. The summed E-state index contributed by atoms with van der Waals surface area (Å²) in [4.78, 5) is 9.00. The van der Waals surface area contributed by atoms with Crippen molar-refractivity contribution in [3.8, 4) is 6.07 Å². The van der Waals surface area contributed by atoms with E-state index in [1.54, 1.807) is 0 Å². The molecule has 0 aliphatic carbocycles. The van der Waals surface area contributed by atoms with Crippen LogP contribution in [0.4, 0.5) is 0 Å². The van der Waals surface area contributed by atoms with Crippen LogP contribution in [0.25, 0.3) is 10.9 Å². The molecule has 3 aromatic rings. The van der Waals surface area contributed by atoms with Crippen LogP contribution in [0.5, 0.6) is 0 Å². The zero-order chi connectivity index (χ0) is 16.2. The summed E-state index contributed by atoms with van der Waals surface area (Å²) in [5.74, 6) is 0.734. The third kappa shape index (κ3) is 3.69. The van der Waals surface area contributed by atoms with Crippen molar-refractivity contribution in [3.63, 3.8) is 0 Å². The predicted molar refractivity (Wildman–Crippen MR) is 94.4 cm³/mol. The van der Waals surface area contributed by atoms with Gasteiger partial charge in [0, 0.05) is 5.39 Å². The maximum Gasteiger partial charge on any atom is 0.127 e. The number of hydrogen-bond donors (Lipinski definition) is 0. The van der Waals surface area contributed by atoms with Gasteiger partial charge in [0.15, 0.2) is 0 Å². The Kier molecular flexibility index (Phi) is 4.59. The van der Waals surface area contributed by atoms with Gasteiger partial charge in [-0.15, -0.1) is 0 Å². The molecule has 114 valence electrons. The van der Waals surface area contributed by atoms with Crippen molar-refractivity contribution < 1.29 is 0 Å². The second-order valence-electron chi connectivity index (χ2n) is 5.52. The third-order valence-corrected chi connectivity index (χ3v) is 4.71. The van der Waals surface area contributed by atoms with E-state index in [0.29, 0.717) is 6.42 Å². The van der Waals surface area contributed by atoms with Crippen molar-refractivity contribution in [2.24, 2.45) is 0 Å². The molecule has 4 heteroatoms. The Morgan fingerprint density at radius 1 is 1.04 bits per heavy atom. The van der Waals surface area contributed by atoms with Crippen LogP contribution in [0, 0.1) is 25.2 Å². The molecular formula is C19H17N3S. The first-order valence-corrected chi connectivity index (χ1v) is 8.39. The molecule has 23 heavy (non-hydrogen) atoms. The lowest BCUT2D eigenvalue weighted by atomic mass is 10.1. The van der Waals surface area contributed by atoms with Crippen molar-refractivity contribution in [1.29, 1.82) is 5.26 Å². The number of nitrogens with zero attached hydrogens (tertiary/aromatic N) is 3. The van der Waals surface area contributed by atoms with Crippen molar-refractivity contribution in [3.05, 3.63) is 65.5 Å². The summed E-state index contributed by atoms with van der Waals surface area (Å²) < 4.78 is 0. The SMILES string of the molecule is Cc1ccc(C[C@H](C#N)Sc2nc(C)nc3ccccc23)cc1. The Morgan fingerprint density at radius 3 is 2.52 bits per heavy atom. The second kappa shape index (κ2) is 6.80. The Hall–Kier alpha value is -2.38. The molecule has 0 bridgehead atoms. The summed E-state index contributed by atoms with van der Waals surface area (Å²) in [6, 6.07) is 18.7. The van der Waals surface area contributed by atoms with Crippen LogP contribution >= 0.6 is 11.8 Å². The van der Waals surface area contributed by atoms with Crippen LogP contribution in [-0.4, -0.2) is 15.2 Å². The molecular weight excluding hydrogens is 302 g/mol. The minimum absolute atomic E-state index is 0.171. The number of aryl methyl sites for hydroxylation is 2. The minimum atomic E-state index is -0.171. The van der Waals surface area contributed by atoms with Gasteiger partial charge in [0.2, 0.25) is 0 Å². The fourth-order valence-corrected chi connectivity index (χ4v) is 3.52. The van der Waals surface area contributed by atoms with Gasteiger partial charge in [-0.3, -0.25) is 0 Å². The summed E-state index contributed by atoms with van der Waals surface area (Å²) in [6.45, 7) is 3.95. The van der Waals surface area contributed by atoms with E-state index in [1.165, 1.54) is 22.9 Å². The van der Waals surface area contributed by atoms with Gasteiger partial charge < -0.3 is 0 Å². The highest BCUT2D eigenvalue weighted by atomic mass is 32.2. The highest BCUT2D eigenvalue weighted by Gasteiger charge is 2.14. The molecule has 0 saturated carbocycles. The third-order valence-electron chi connectivity index (χ3n) is 3.62. The van der Waals surface area contributed by atoms with E-state index >= 15 is 0 Å². The molecule has 0 aliphatic heterocycles. The Bertz CT molecular complexity index is 866. The fourth-order valence-electron chi connectivity index (χ4n) is 2.43. The van der Waals surface area contributed by atoms with E-state index in [1.807, 2.05) is 31.2 Å². The average Bonchev–Trinajstić information content (AvgIpc) is 2.56. The molecule has 0 radical (unpaired) electrons. The van der Waals surface area contributed by atoms with E-state index in [0.717, 1.165) is 21.8 Å². The van der Waals surface area contributed by atoms with Crippen LogP contribution in [0.2, 0.25) is 0 Å². The second-order valence-corrected chi connectivity index (χ2v) is 6.71. The van der Waals surface area contributed by atoms with E-state index in [-0.39, 0.29) is 5.25 Å². The van der Waals surface area contributed by atoms with Crippen LogP contribution < -0.4 is 0 Å². The summed E-state index contributed by atoms with van der Waals surface area (Å²) >= 11 is 1.52. The molecule has 3 rings (SSSR count). The zero-order valence-electron chi connectivity index (χ0n) is 13.2. The van der Waals surface area contributed by atoms with Gasteiger partial charge in [-0.25, -0.2) is 9.97 Å². The van der Waals surface area contributed by atoms with Crippen molar-refractivity contribution >= 4 is 22.7 Å². The van der Waals surface area contributed by atoms with Gasteiger partial charge in [-0.05, 0) is 31.9 Å². The molecule has 0 N–H and O–H groups in total. The molecule has 0 spiro atoms. The summed E-state index contributed by atoms with van der Waals surface area (Å²) in [5, 5.41) is 11.2. The highest BCUT2D eigenvalue weighted by Crippen LogP contribution is 2.30. The Balaban J connectivity index is 1.87. The number of benzene rings is 2. The number of hydrogen-bond acceptors (Lipinski definition) is 4. The molecule has 0 aliphatic rings. The maximum atomic E-state index is 9.53. The molecule has 1 heterocycles. The van der Waals surface area contributed by atoms with E-state index in [4.69, 9.17) is 0 Å². The molecule has 2 aromatic carbocycles. The smallest absolute Gasteiger partial charge is 0.127 e. The monoisotopic (exact) mass is 319 g/mol. The molecule has 0 fully saturated rings. The standard InChI is InChI=1S/C19H17N3S/c1-13-7-9-15(10-8-13)11-16(12-20)23-19-17-5-3-4-6-18(17)21-14(2)22-19/h3-10,16H,11H2,1-2H3/t16-/m1/s1. The fraction of sp³-hybridized carbons (Fsp3) is 0.211. The summed E-state index contributed by atoms with van der Waals surface area (Å²) in [7, 11) is 0. The lowest BCUT2D eigenvalue weighted by Crippen LogP contribution is -2.05. The quantitative estimate of drug-likeness (QED) is 0.526. The predicted octanol–water partition coefficient (Wildman–Crippen LogP) is 4.47. The van der Waals surface area contributed by atoms with Crippen LogP contribution in [0.15, 0.2) is 53.6 Å². The normalized spacial score (nSPS) is 12.0.